The van der Waals surface area contributed by atoms with Crippen LogP contribution in [0, 0.1) is 0 Å². The normalized spacial score (nSPS) is 17.5. The molecule has 0 spiro atoms. The van der Waals surface area contributed by atoms with E-state index < -0.39 is 0 Å². The van der Waals surface area contributed by atoms with E-state index in [2.05, 4.69) is 67.4 Å². The number of hydrogen-bond donors (Lipinski definition) is 0. The van der Waals surface area contributed by atoms with Crippen molar-refractivity contribution in [2.75, 3.05) is 0 Å². The molecule has 4 heterocycles. The zero-order valence-corrected chi connectivity index (χ0v) is 17.7. The third-order valence-corrected chi connectivity index (χ3v) is 6.15. The zero-order valence-electron chi connectivity index (χ0n) is 17.7. The van der Waals surface area contributed by atoms with Crippen LogP contribution in [0.2, 0.25) is 0 Å². The highest BCUT2D eigenvalue weighted by Crippen LogP contribution is 2.36. The molecule has 0 atom stereocenters. The minimum Gasteiger partial charge on any atom is -0.399 e. The maximum absolute atomic E-state index is 6.18. The highest BCUT2D eigenvalue weighted by atomic mass is 16.7. The summed E-state index contributed by atoms with van der Waals surface area (Å²) in [6.45, 7) is 8.27. The molecule has 1 saturated heterocycles. The number of benzene rings is 1. The van der Waals surface area contributed by atoms with E-state index in [1.807, 2.05) is 36.5 Å². The Hall–Kier alpha value is -2.96. The first-order valence-electron chi connectivity index (χ1n) is 10.2. The van der Waals surface area contributed by atoms with Crippen molar-refractivity contribution in [3.8, 4) is 22.8 Å². The predicted octanol–water partition coefficient (Wildman–Crippen LogP) is 4.36. The molecule has 0 radical (unpaired) electrons. The Labute approximate surface area is 176 Å². The van der Waals surface area contributed by atoms with Gasteiger partial charge in [0.2, 0.25) is 0 Å². The van der Waals surface area contributed by atoms with Crippen molar-refractivity contribution in [2.24, 2.45) is 0 Å². The van der Waals surface area contributed by atoms with Crippen molar-refractivity contribution in [2.45, 2.75) is 38.9 Å². The second kappa shape index (κ2) is 6.79. The third kappa shape index (κ3) is 3.04. The van der Waals surface area contributed by atoms with Gasteiger partial charge in [-0.05, 0) is 57.4 Å². The number of imidazole rings is 1. The number of pyridine rings is 2. The maximum Gasteiger partial charge on any atom is 0.494 e. The fraction of sp³-hybridized carbons (Fsp3) is 0.250. The summed E-state index contributed by atoms with van der Waals surface area (Å²) < 4.78 is 14.5. The Morgan fingerprint density at radius 3 is 2.20 bits per heavy atom. The summed E-state index contributed by atoms with van der Waals surface area (Å²) >= 11 is 0. The molecule has 6 heteroatoms. The molecule has 4 aromatic rings. The van der Waals surface area contributed by atoms with Gasteiger partial charge >= 0.3 is 7.12 Å². The summed E-state index contributed by atoms with van der Waals surface area (Å²) in [5, 5.41) is 0. The quantitative estimate of drug-likeness (QED) is 0.482. The van der Waals surface area contributed by atoms with E-state index in [0.717, 1.165) is 33.8 Å². The van der Waals surface area contributed by atoms with Gasteiger partial charge in [0.25, 0.3) is 0 Å². The number of hydrogen-bond acceptors (Lipinski definition) is 4. The first kappa shape index (κ1) is 19.0. The minimum absolute atomic E-state index is 0.354. The monoisotopic (exact) mass is 397 g/mol. The number of nitrogens with zero attached hydrogens (tertiary/aromatic N) is 3. The fourth-order valence-corrected chi connectivity index (χ4v) is 3.70. The molecule has 5 rings (SSSR count). The molecule has 0 saturated carbocycles. The van der Waals surface area contributed by atoms with Crippen molar-refractivity contribution in [1.82, 2.24) is 14.4 Å². The summed E-state index contributed by atoms with van der Waals surface area (Å²) in [6.07, 6.45) is 3.83. The molecule has 1 fully saturated rings. The standard InChI is InChI=1S/C24H24BN3O2/c1-23(2)24(3,4)30-25(29-23)18-13-11-17(12-14-18)22-27-21(19-9-5-7-15-26-19)20-10-6-8-16-28(20)22/h5-16H,1-4H3. The summed E-state index contributed by atoms with van der Waals surface area (Å²) in [4.78, 5) is 9.43. The SMILES string of the molecule is CC1(C)OB(c2ccc(-c3nc(-c4ccccn4)c4ccccn34)cc2)OC1(C)C. The van der Waals surface area contributed by atoms with Crippen LogP contribution >= 0.6 is 0 Å². The predicted molar refractivity (Wildman–Crippen MR) is 120 cm³/mol. The summed E-state index contributed by atoms with van der Waals surface area (Å²) in [6, 6.07) is 20.2. The Bertz CT molecular complexity index is 1180. The van der Waals surface area contributed by atoms with Crippen LogP contribution < -0.4 is 5.46 Å². The Balaban J connectivity index is 1.53. The van der Waals surface area contributed by atoms with Crippen LogP contribution in [0.25, 0.3) is 28.3 Å². The van der Waals surface area contributed by atoms with E-state index in [0.29, 0.717) is 0 Å². The van der Waals surface area contributed by atoms with Crippen LogP contribution in [0.3, 0.4) is 0 Å². The van der Waals surface area contributed by atoms with E-state index >= 15 is 0 Å². The lowest BCUT2D eigenvalue weighted by Crippen LogP contribution is -2.41. The largest absolute Gasteiger partial charge is 0.494 e. The zero-order chi connectivity index (χ0) is 20.9. The molecule has 1 aliphatic heterocycles. The van der Waals surface area contributed by atoms with Gasteiger partial charge in [0.15, 0.2) is 0 Å². The molecule has 0 amide bonds. The van der Waals surface area contributed by atoms with Crippen molar-refractivity contribution >= 4 is 18.1 Å². The topological polar surface area (TPSA) is 48.7 Å². The molecule has 5 nitrogen and oxygen atoms in total. The van der Waals surface area contributed by atoms with Crippen LogP contribution in [0.4, 0.5) is 0 Å². The van der Waals surface area contributed by atoms with Crippen molar-refractivity contribution in [3.63, 3.8) is 0 Å². The van der Waals surface area contributed by atoms with E-state index in [1.165, 1.54) is 0 Å². The Kier molecular flexibility index (Phi) is 4.31. The van der Waals surface area contributed by atoms with Crippen molar-refractivity contribution < 1.29 is 9.31 Å². The van der Waals surface area contributed by atoms with Gasteiger partial charge in [0.05, 0.1) is 22.4 Å². The summed E-state index contributed by atoms with van der Waals surface area (Å²) in [5.41, 5.74) is 4.09. The van der Waals surface area contributed by atoms with Gasteiger partial charge in [0.1, 0.15) is 11.5 Å². The number of fused-ring (bicyclic) bond motifs is 1. The second-order valence-corrected chi connectivity index (χ2v) is 8.67. The first-order valence-corrected chi connectivity index (χ1v) is 10.2. The Morgan fingerprint density at radius 2 is 1.53 bits per heavy atom. The maximum atomic E-state index is 6.18. The average Bonchev–Trinajstić information content (AvgIpc) is 3.23. The fourth-order valence-electron chi connectivity index (χ4n) is 3.70. The van der Waals surface area contributed by atoms with Gasteiger partial charge in [-0.2, -0.15) is 0 Å². The van der Waals surface area contributed by atoms with Gasteiger partial charge < -0.3 is 9.31 Å². The Morgan fingerprint density at radius 1 is 0.833 bits per heavy atom. The van der Waals surface area contributed by atoms with E-state index in [9.17, 15) is 0 Å². The highest BCUT2D eigenvalue weighted by molar-refractivity contribution is 6.62. The molecule has 150 valence electrons. The second-order valence-electron chi connectivity index (χ2n) is 8.67. The summed E-state index contributed by atoms with van der Waals surface area (Å²) in [5.74, 6) is 0.881. The lowest BCUT2D eigenvalue weighted by atomic mass is 9.79. The van der Waals surface area contributed by atoms with E-state index in [-0.39, 0.29) is 18.3 Å². The van der Waals surface area contributed by atoms with Crippen LogP contribution in [-0.4, -0.2) is 32.7 Å². The molecule has 1 aliphatic rings. The summed E-state index contributed by atoms with van der Waals surface area (Å²) in [7, 11) is -0.370. The van der Waals surface area contributed by atoms with Crippen LogP contribution in [0.1, 0.15) is 27.7 Å². The molecule has 1 aromatic carbocycles. The average molecular weight is 397 g/mol. The number of rotatable bonds is 3. The van der Waals surface area contributed by atoms with Gasteiger partial charge in [-0.25, -0.2) is 4.98 Å². The highest BCUT2D eigenvalue weighted by Gasteiger charge is 2.51. The molecular formula is C24H24BN3O2. The lowest BCUT2D eigenvalue weighted by Gasteiger charge is -2.32. The molecule has 0 aliphatic carbocycles. The van der Waals surface area contributed by atoms with Crippen molar-refractivity contribution in [1.29, 1.82) is 0 Å². The molecule has 0 N–H and O–H groups in total. The van der Waals surface area contributed by atoms with Crippen molar-refractivity contribution in [3.05, 3.63) is 73.1 Å². The molecular weight excluding hydrogens is 373 g/mol. The third-order valence-electron chi connectivity index (χ3n) is 6.15. The van der Waals surface area contributed by atoms with Gasteiger partial charge in [-0.1, -0.05) is 36.4 Å². The van der Waals surface area contributed by atoms with Gasteiger partial charge in [-0.3, -0.25) is 9.38 Å². The van der Waals surface area contributed by atoms with Crippen LogP contribution in [-0.2, 0) is 9.31 Å². The number of aromatic nitrogens is 3. The van der Waals surface area contributed by atoms with Crippen LogP contribution in [0.15, 0.2) is 73.1 Å². The lowest BCUT2D eigenvalue weighted by molar-refractivity contribution is 0.00578. The smallest absolute Gasteiger partial charge is 0.399 e. The molecule has 0 bridgehead atoms. The first-order chi connectivity index (χ1) is 14.4. The van der Waals surface area contributed by atoms with Crippen LogP contribution in [0.5, 0.6) is 0 Å². The minimum atomic E-state index is -0.370. The molecule has 0 unspecified atom stereocenters. The van der Waals surface area contributed by atoms with E-state index in [4.69, 9.17) is 14.3 Å². The molecule has 3 aromatic heterocycles. The van der Waals surface area contributed by atoms with E-state index in [1.54, 1.807) is 6.20 Å². The van der Waals surface area contributed by atoms with Gasteiger partial charge in [-0.15, -0.1) is 0 Å². The molecule has 30 heavy (non-hydrogen) atoms. The van der Waals surface area contributed by atoms with Gasteiger partial charge in [0, 0.05) is 18.0 Å².